The highest BCUT2D eigenvalue weighted by Gasteiger charge is 2.07. The van der Waals surface area contributed by atoms with Crippen molar-refractivity contribution in [2.45, 2.75) is 6.42 Å². The van der Waals surface area contributed by atoms with Crippen molar-refractivity contribution in [3.05, 3.63) is 64.2 Å². The predicted octanol–water partition coefficient (Wildman–Crippen LogP) is 1.32. The molecule has 1 aromatic carbocycles. The normalized spacial score (nSPS) is 10.9. The summed E-state index contributed by atoms with van der Waals surface area (Å²) in [5.74, 6) is 0.987. The summed E-state index contributed by atoms with van der Waals surface area (Å²) in [6, 6.07) is 10.1. The number of aromatic hydroxyl groups is 1. The minimum Gasteiger partial charge on any atom is -0.508 e. The number of hydrogen-bond acceptors (Lipinski definition) is 3. The molecule has 0 saturated carbocycles. The summed E-state index contributed by atoms with van der Waals surface area (Å²) < 4.78 is 1.80. The molecule has 0 unspecified atom stereocenters. The van der Waals surface area contributed by atoms with Crippen LogP contribution in [0.15, 0.2) is 47.4 Å². The number of rotatable bonds is 2. The number of aromatic amines is 1. The van der Waals surface area contributed by atoms with Gasteiger partial charge in [-0.05, 0) is 6.07 Å². The second-order valence-corrected chi connectivity index (χ2v) is 4.06. The number of nitrogens with zero attached hydrogens (tertiary/aromatic N) is 2. The maximum Gasteiger partial charge on any atom is 0.183 e. The van der Waals surface area contributed by atoms with E-state index >= 15 is 0 Å². The average molecular weight is 241 g/mol. The third-order valence-electron chi connectivity index (χ3n) is 2.84. The first-order valence-corrected chi connectivity index (χ1v) is 5.56. The quantitative estimate of drug-likeness (QED) is 0.710. The largest absolute Gasteiger partial charge is 0.508 e. The zero-order chi connectivity index (χ0) is 12.5. The Morgan fingerprint density at radius 2 is 2.11 bits per heavy atom. The highest BCUT2D eigenvalue weighted by molar-refractivity contribution is 5.39. The molecule has 3 rings (SSSR count). The summed E-state index contributed by atoms with van der Waals surface area (Å²) in [5, 5.41) is 16.7. The molecule has 3 aromatic rings. The van der Waals surface area contributed by atoms with Crippen molar-refractivity contribution in [3.8, 4) is 5.75 Å². The first-order valence-electron chi connectivity index (χ1n) is 5.56. The molecule has 0 atom stereocenters. The monoisotopic (exact) mass is 241 g/mol. The van der Waals surface area contributed by atoms with Crippen molar-refractivity contribution in [1.29, 1.82) is 0 Å². The Labute approximate surface area is 102 Å². The lowest BCUT2D eigenvalue weighted by atomic mass is 10.1. The molecular weight excluding hydrogens is 230 g/mol. The van der Waals surface area contributed by atoms with Crippen molar-refractivity contribution in [2.24, 2.45) is 0 Å². The molecule has 0 radical (unpaired) electrons. The topological polar surface area (TPSA) is 70.4 Å². The highest BCUT2D eigenvalue weighted by atomic mass is 16.3. The molecule has 0 aliphatic heterocycles. The molecule has 0 amide bonds. The smallest absolute Gasteiger partial charge is 0.183 e. The van der Waals surface area contributed by atoms with Gasteiger partial charge in [0.05, 0.1) is 0 Å². The van der Waals surface area contributed by atoms with E-state index in [0.29, 0.717) is 12.1 Å². The summed E-state index contributed by atoms with van der Waals surface area (Å²) in [4.78, 5) is 11.2. The van der Waals surface area contributed by atoms with Gasteiger partial charge in [0, 0.05) is 30.3 Å². The van der Waals surface area contributed by atoms with Crippen molar-refractivity contribution >= 4 is 5.65 Å². The fourth-order valence-electron chi connectivity index (χ4n) is 1.92. The van der Waals surface area contributed by atoms with Crippen LogP contribution in [0.1, 0.15) is 11.4 Å². The average Bonchev–Trinajstić information content (AvgIpc) is 2.74. The van der Waals surface area contributed by atoms with Crippen LogP contribution >= 0.6 is 0 Å². The minimum absolute atomic E-state index is 0.0623. The molecule has 18 heavy (non-hydrogen) atoms. The fourth-order valence-corrected chi connectivity index (χ4v) is 1.92. The Morgan fingerprint density at radius 3 is 2.94 bits per heavy atom. The van der Waals surface area contributed by atoms with Crippen LogP contribution in [0.4, 0.5) is 0 Å². The van der Waals surface area contributed by atoms with E-state index in [1.165, 1.54) is 12.1 Å². The van der Waals surface area contributed by atoms with E-state index in [1.807, 2.05) is 12.1 Å². The third kappa shape index (κ3) is 1.75. The fraction of sp³-hybridized carbons (Fsp3) is 0.0769. The van der Waals surface area contributed by atoms with Crippen LogP contribution in [0.3, 0.4) is 0 Å². The Morgan fingerprint density at radius 1 is 1.28 bits per heavy atom. The number of pyridine rings is 1. The molecular formula is C13H11N3O2. The molecule has 0 spiro atoms. The third-order valence-corrected chi connectivity index (χ3v) is 2.84. The molecule has 0 bridgehead atoms. The Hall–Kier alpha value is -2.56. The SMILES string of the molecule is O=c1ccn2c(Cc3ccccc3O)n[nH]c2c1. The van der Waals surface area contributed by atoms with Crippen LogP contribution in [0.5, 0.6) is 5.75 Å². The first-order chi connectivity index (χ1) is 8.74. The molecule has 0 fully saturated rings. The Balaban J connectivity index is 2.06. The number of hydrogen-bond donors (Lipinski definition) is 2. The molecule has 5 nitrogen and oxygen atoms in total. The molecule has 2 N–H and O–H groups in total. The van der Waals surface area contributed by atoms with E-state index in [9.17, 15) is 9.90 Å². The lowest BCUT2D eigenvalue weighted by molar-refractivity contribution is 0.469. The Bertz CT molecular complexity index is 758. The summed E-state index contributed by atoms with van der Waals surface area (Å²) in [7, 11) is 0. The molecule has 90 valence electrons. The van der Waals surface area contributed by atoms with E-state index in [2.05, 4.69) is 10.2 Å². The maximum absolute atomic E-state index is 11.2. The minimum atomic E-state index is -0.0623. The van der Waals surface area contributed by atoms with E-state index < -0.39 is 0 Å². The molecule has 0 aliphatic rings. The van der Waals surface area contributed by atoms with Gasteiger partial charge in [0.25, 0.3) is 0 Å². The van der Waals surface area contributed by atoms with Gasteiger partial charge in [-0.15, -0.1) is 0 Å². The summed E-state index contributed by atoms with van der Waals surface area (Å²) in [5.41, 5.74) is 1.38. The van der Waals surface area contributed by atoms with Gasteiger partial charge in [-0.2, -0.15) is 5.10 Å². The van der Waals surface area contributed by atoms with Gasteiger partial charge in [-0.1, -0.05) is 18.2 Å². The number of H-pyrrole nitrogens is 1. The van der Waals surface area contributed by atoms with Gasteiger partial charge in [0.1, 0.15) is 17.2 Å². The van der Waals surface area contributed by atoms with Crippen LogP contribution in [-0.2, 0) is 6.42 Å². The second-order valence-electron chi connectivity index (χ2n) is 4.06. The first kappa shape index (κ1) is 10.6. The van der Waals surface area contributed by atoms with Gasteiger partial charge in [-0.3, -0.25) is 14.3 Å². The standard InChI is InChI=1S/C13H11N3O2/c17-10-5-6-16-12(14-15-13(16)8-10)7-9-3-1-2-4-11(9)18/h1-6,8,15,18H,7H2. The number of phenolic OH excluding ortho intramolecular Hbond substituents is 1. The van der Waals surface area contributed by atoms with E-state index in [-0.39, 0.29) is 11.2 Å². The zero-order valence-corrected chi connectivity index (χ0v) is 9.50. The van der Waals surface area contributed by atoms with E-state index in [0.717, 1.165) is 11.4 Å². The summed E-state index contributed by atoms with van der Waals surface area (Å²) >= 11 is 0. The van der Waals surface area contributed by atoms with Crippen molar-refractivity contribution in [2.75, 3.05) is 0 Å². The molecule has 5 heteroatoms. The molecule has 0 saturated heterocycles. The highest BCUT2D eigenvalue weighted by Crippen LogP contribution is 2.18. The summed E-state index contributed by atoms with van der Waals surface area (Å²) in [6.07, 6.45) is 2.17. The number of aromatic nitrogens is 3. The number of benzene rings is 1. The lowest BCUT2D eigenvalue weighted by Gasteiger charge is -2.02. The van der Waals surface area contributed by atoms with Gasteiger partial charge in [-0.25, -0.2) is 0 Å². The zero-order valence-electron chi connectivity index (χ0n) is 9.50. The van der Waals surface area contributed by atoms with Gasteiger partial charge in [0.15, 0.2) is 5.43 Å². The van der Waals surface area contributed by atoms with Crippen LogP contribution in [0, 0.1) is 0 Å². The van der Waals surface area contributed by atoms with Gasteiger partial charge >= 0.3 is 0 Å². The number of fused-ring (bicyclic) bond motifs is 1. The maximum atomic E-state index is 11.2. The van der Waals surface area contributed by atoms with Crippen LogP contribution < -0.4 is 5.43 Å². The van der Waals surface area contributed by atoms with Gasteiger partial charge < -0.3 is 5.11 Å². The summed E-state index contributed by atoms with van der Waals surface area (Å²) in [6.45, 7) is 0. The van der Waals surface area contributed by atoms with Crippen molar-refractivity contribution in [3.63, 3.8) is 0 Å². The molecule has 2 aromatic heterocycles. The van der Waals surface area contributed by atoms with E-state index in [4.69, 9.17) is 0 Å². The number of para-hydroxylation sites is 1. The van der Waals surface area contributed by atoms with Crippen LogP contribution in [-0.4, -0.2) is 19.7 Å². The number of nitrogens with one attached hydrogen (secondary N) is 1. The lowest BCUT2D eigenvalue weighted by Crippen LogP contribution is -2.01. The van der Waals surface area contributed by atoms with Crippen molar-refractivity contribution in [1.82, 2.24) is 14.6 Å². The second kappa shape index (κ2) is 4.03. The van der Waals surface area contributed by atoms with Crippen molar-refractivity contribution < 1.29 is 5.11 Å². The van der Waals surface area contributed by atoms with Crippen LogP contribution in [0.2, 0.25) is 0 Å². The molecule has 2 heterocycles. The predicted molar refractivity (Wildman–Crippen MR) is 66.7 cm³/mol. The van der Waals surface area contributed by atoms with Gasteiger partial charge in [0.2, 0.25) is 0 Å². The van der Waals surface area contributed by atoms with E-state index in [1.54, 1.807) is 22.7 Å². The van der Waals surface area contributed by atoms with Crippen LogP contribution in [0.25, 0.3) is 5.65 Å². The Kier molecular flexibility index (Phi) is 2.37. The molecule has 0 aliphatic carbocycles. The number of phenols is 1.